The zero-order chi connectivity index (χ0) is 17.3. The number of rotatable bonds is 4. The van der Waals surface area contributed by atoms with Crippen LogP contribution in [0.5, 0.6) is 0 Å². The molecule has 1 amide bonds. The maximum atomic E-state index is 12.9. The standard InChI is InChI=1S/C16H14ClFN2O3S/c17-15-7-6-13(10-14(15)16(21)20-8-1-9-20)24(22,23)19-12-4-2-11(18)3-5-12/h2-7,10,19H,1,8-9H2. The van der Waals surface area contributed by atoms with E-state index in [1.165, 1.54) is 30.3 Å². The summed E-state index contributed by atoms with van der Waals surface area (Å²) < 4.78 is 40.2. The number of hydrogen-bond acceptors (Lipinski definition) is 3. The SMILES string of the molecule is O=C(c1cc(S(=O)(=O)Nc2ccc(F)cc2)ccc1Cl)N1CCC1. The van der Waals surface area contributed by atoms with Crippen LogP contribution in [0.4, 0.5) is 10.1 Å². The first-order chi connectivity index (χ1) is 11.4. The maximum absolute atomic E-state index is 12.9. The van der Waals surface area contributed by atoms with E-state index in [-0.39, 0.29) is 27.1 Å². The molecule has 0 radical (unpaired) electrons. The molecule has 0 aromatic heterocycles. The second-order valence-corrected chi connectivity index (χ2v) is 7.49. The van der Waals surface area contributed by atoms with Gasteiger partial charge in [0, 0.05) is 18.8 Å². The van der Waals surface area contributed by atoms with Crippen LogP contribution in [0.2, 0.25) is 5.02 Å². The molecule has 1 aliphatic heterocycles. The molecular formula is C16H14ClFN2O3S. The summed E-state index contributed by atoms with van der Waals surface area (Å²) in [5.74, 6) is -0.753. The van der Waals surface area contributed by atoms with Gasteiger partial charge in [-0.3, -0.25) is 9.52 Å². The van der Waals surface area contributed by atoms with E-state index in [0.29, 0.717) is 13.1 Å². The molecule has 3 rings (SSSR count). The Bertz CT molecular complexity index is 881. The summed E-state index contributed by atoms with van der Waals surface area (Å²) in [5.41, 5.74) is 0.375. The van der Waals surface area contributed by atoms with E-state index in [4.69, 9.17) is 11.6 Å². The summed E-state index contributed by atoms with van der Waals surface area (Å²) in [6, 6.07) is 8.89. The topological polar surface area (TPSA) is 66.5 Å². The Balaban J connectivity index is 1.90. The number of carbonyl (C=O) groups is 1. The normalized spacial score (nSPS) is 14.2. The van der Waals surface area contributed by atoms with E-state index >= 15 is 0 Å². The van der Waals surface area contributed by atoms with Crippen molar-refractivity contribution in [2.75, 3.05) is 17.8 Å². The predicted octanol–water partition coefficient (Wildman–Crippen LogP) is 3.13. The summed E-state index contributed by atoms with van der Waals surface area (Å²) in [4.78, 5) is 13.8. The Morgan fingerprint density at radius 3 is 2.38 bits per heavy atom. The Labute approximate surface area is 144 Å². The molecule has 5 nitrogen and oxygen atoms in total. The highest BCUT2D eigenvalue weighted by molar-refractivity contribution is 7.92. The first kappa shape index (κ1) is 16.7. The Hall–Kier alpha value is -2.12. The minimum absolute atomic E-state index is 0.0832. The predicted molar refractivity (Wildman–Crippen MR) is 89.2 cm³/mol. The molecule has 2 aromatic rings. The third-order valence-corrected chi connectivity index (χ3v) is 5.43. The van der Waals surface area contributed by atoms with Crippen molar-refractivity contribution >= 4 is 33.2 Å². The Morgan fingerprint density at radius 1 is 1.12 bits per heavy atom. The lowest BCUT2D eigenvalue weighted by molar-refractivity contribution is 0.0652. The molecule has 8 heteroatoms. The summed E-state index contributed by atoms with van der Waals surface area (Å²) in [6.45, 7) is 1.28. The van der Waals surface area contributed by atoms with Crippen LogP contribution in [0.15, 0.2) is 47.4 Å². The highest BCUT2D eigenvalue weighted by Crippen LogP contribution is 2.25. The van der Waals surface area contributed by atoms with Crippen molar-refractivity contribution in [1.29, 1.82) is 0 Å². The average Bonchev–Trinajstić information content (AvgIpc) is 2.48. The van der Waals surface area contributed by atoms with Crippen LogP contribution < -0.4 is 4.72 Å². The summed E-state index contributed by atoms with van der Waals surface area (Å²) in [7, 11) is -3.92. The number of carbonyl (C=O) groups excluding carboxylic acids is 1. The smallest absolute Gasteiger partial charge is 0.261 e. The molecule has 0 aliphatic carbocycles. The number of amides is 1. The third kappa shape index (κ3) is 3.37. The van der Waals surface area contributed by atoms with Crippen molar-refractivity contribution < 1.29 is 17.6 Å². The maximum Gasteiger partial charge on any atom is 0.261 e. The van der Waals surface area contributed by atoms with E-state index in [9.17, 15) is 17.6 Å². The van der Waals surface area contributed by atoms with Gasteiger partial charge in [0.05, 0.1) is 15.5 Å². The fourth-order valence-corrected chi connectivity index (χ4v) is 3.54. The number of benzene rings is 2. The summed E-state index contributed by atoms with van der Waals surface area (Å²) in [5, 5.41) is 0.202. The number of sulfonamides is 1. The number of nitrogens with one attached hydrogen (secondary N) is 1. The van der Waals surface area contributed by atoms with Crippen molar-refractivity contribution in [3.63, 3.8) is 0 Å². The second-order valence-electron chi connectivity index (χ2n) is 5.40. The minimum Gasteiger partial charge on any atom is -0.338 e. The number of likely N-dealkylation sites (tertiary alicyclic amines) is 1. The molecule has 2 aromatic carbocycles. The van der Waals surface area contributed by atoms with Crippen LogP contribution in [-0.4, -0.2) is 32.3 Å². The van der Waals surface area contributed by atoms with Crippen LogP contribution in [0.1, 0.15) is 16.8 Å². The van der Waals surface area contributed by atoms with E-state index < -0.39 is 15.8 Å². The number of hydrogen-bond donors (Lipinski definition) is 1. The molecule has 1 saturated heterocycles. The van der Waals surface area contributed by atoms with Gasteiger partial charge in [-0.25, -0.2) is 12.8 Å². The molecular weight excluding hydrogens is 355 g/mol. The Morgan fingerprint density at radius 2 is 1.79 bits per heavy atom. The van der Waals surface area contributed by atoms with Gasteiger partial charge in [-0.05, 0) is 48.9 Å². The van der Waals surface area contributed by atoms with E-state index in [1.807, 2.05) is 0 Å². The number of anilines is 1. The third-order valence-electron chi connectivity index (χ3n) is 3.72. The van der Waals surface area contributed by atoms with Gasteiger partial charge in [-0.1, -0.05) is 11.6 Å². The molecule has 0 atom stereocenters. The minimum atomic E-state index is -3.92. The van der Waals surface area contributed by atoms with E-state index in [0.717, 1.165) is 18.6 Å². The fourth-order valence-electron chi connectivity index (χ4n) is 2.26. The van der Waals surface area contributed by atoms with Crippen LogP contribution in [0.25, 0.3) is 0 Å². The van der Waals surface area contributed by atoms with Gasteiger partial charge in [-0.15, -0.1) is 0 Å². The van der Waals surface area contributed by atoms with Gasteiger partial charge >= 0.3 is 0 Å². The molecule has 1 N–H and O–H groups in total. The molecule has 126 valence electrons. The zero-order valence-electron chi connectivity index (χ0n) is 12.5. The van der Waals surface area contributed by atoms with Gasteiger partial charge in [0.1, 0.15) is 5.82 Å². The quantitative estimate of drug-likeness (QED) is 0.901. The van der Waals surface area contributed by atoms with Crippen molar-refractivity contribution in [3.05, 3.63) is 58.9 Å². The van der Waals surface area contributed by atoms with Crippen molar-refractivity contribution in [2.45, 2.75) is 11.3 Å². The lowest BCUT2D eigenvalue weighted by Crippen LogP contribution is -2.42. The van der Waals surface area contributed by atoms with Gasteiger partial charge < -0.3 is 4.90 Å². The second kappa shape index (κ2) is 6.41. The molecule has 0 unspecified atom stereocenters. The highest BCUT2D eigenvalue weighted by Gasteiger charge is 2.25. The van der Waals surface area contributed by atoms with Gasteiger partial charge in [-0.2, -0.15) is 0 Å². The first-order valence-corrected chi connectivity index (χ1v) is 9.10. The van der Waals surface area contributed by atoms with Crippen molar-refractivity contribution in [3.8, 4) is 0 Å². The lowest BCUT2D eigenvalue weighted by Gasteiger charge is -2.31. The van der Waals surface area contributed by atoms with Gasteiger partial charge in [0.25, 0.3) is 15.9 Å². The average molecular weight is 369 g/mol. The van der Waals surface area contributed by atoms with E-state index in [1.54, 1.807) is 4.90 Å². The number of nitrogens with zero attached hydrogens (tertiary/aromatic N) is 1. The summed E-state index contributed by atoms with van der Waals surface area (Å²) in [6.07, 6.45) is 0.924. The van der Waals surface area contributed by atoms with Crippen LogP contribution >= 0.6 is 11.6 Å². The fraction of sp³-hybridized carbons (Fsp3) is 0.188. The van der Waals surface area contributed by atoms with Crippen LogP contribution in [0.3, 0.4) is 0 Å². The molecule has 1 aliphatic rings. The lowest BCUT2D eigenvalue weighted by atomic mass is 10.1. The molecule has 0 spiro atoms. The van der Waals surface area contributed by atoms with Crippen LogP contribution in [0, 0.1) is 5.82 Å². The molecule has 1 fully saturated rings. The monoisotopic (exact) mass is 368 g/mol. The van der Waals surface area contributed by atoms with Gasteiger partial charge in [0.2, 0.25) is 0 Å². The number of halogens is 2. The molecule has 24 heavy (non-hydrogen) atoms. The summed E-state index contributed by atoms with van der Waals surface area (Å²) >= 11 is 6.04. The Kier molecular flexibility index (Phi) is 4.47. The first-order valence-electron chi connectivity index (χ1n) is 7.24. The van der Waals surface area contributed by atoms with Gasteiger partial charge in [0.15, 0.2) is 0 Å². The van der Waals surface area contributed by atoms with Crippen molar-refractivity contribution in [1.82, 2.24) is 4.90 Å². The largest absolute Gasteiger partial charge is 0.338 e. The van der Waals surface area contributed by atoms with Crippen molar-refractivity contribution in [2.24, 2.45) is 0 Å². The molecule has 0 saturated carbocycles. The van der Waals surface area contributed by atoms with E-state index in [2.05, 4.69) is 4.72 Å². The highest BCUT2D eigenvalue weighted by atomic mass is 35.5. The zero-order valence-corrected chi connectivity index (χ0v) is 14.1. The molecule has 1 heterocycles. The molecule has 0 bridgehead atoms. The van der Waals surface area contributed by atoms with Crippen LogP contribution in [-0.2, 0) is 10.0 Å².